The third kappa shape index (κ3) is 5.64. The van der Waals surface area contributed by atoms with E-state index in [-0.39, 0.29) is 11.9 Å². The molecule has 1 aromatic rings. The molecule has 3 atom stereocenters. The van der Waals surface area contributed by atoms with E-state index in [4.69, 9.17) is 10.2 Å². The average molecular weight is 336 g/mol. The number of carbonyl (C=O) groups excluding carboxylic acids is 1. The lowest BCUT2D eigenvalue weighted by molar-refractivity contribution is -0.124. The van der Waals surface area contributed by atoms with Crippen LogP contribution in [0.3, 0.4) is 0 Å². The van der Waals surface area contributed by atoms with E-state index in [1.54, 1.807) is 18.4 Å². The molecule has 0 unspecified atom stereocenters. The van der Waals surface area contributed by atoms with Crippen molar-refractivity contribution in [2.24, 2.45) is 17.6 Å². The summed E-state index contributed by atoms with van der Waals surface area (Å²) in [6.07, 6.45) is 8.18. The predicted molar refractivity (Wildman–Crippen MR) is 94.2 cm³/mol. The van der Waals surface area contributed by atoms with Crippen molar-refractivity contribution in [3.05, 3.63) is 24.2 Å². The molecule has 0 spiro atoms. The van der Waals surface area contributed by atoms with Gasteiger partial charge < -0.3 is 20.6 Å². The molecule has 0 radical (unpaired) electrons. The number of nitrogens with two attached hydrogens (primary N) is 1. The average Bonchev–Trinajstić information content (AvgIpc) is 3.08. The molecule has 0 bridgehead atoms. The first-order valence-electron chi connectivity index (χ1n) is 9.24. The van der Waals surface area contributed by atoms with Crippen molar-refractivity contribution in [1.29, 1.82) is 0 Å². The quantitative estimate of drug-likeness (QED) is 0.680. The van der Waals surface area contributed by atoms with Crippen LogP contribution in [0, 0.1) is 11.8 Å². The van der Waals surface area contributed by atoms with Gasteiger partial charge >= 0.3 is 0 Å². The highest BCUT2D eigenvalue weighted by Gasteiger charge is 2.30. The Hall–Kier alpha value is -1.33. The summed E-state index contributed by atoms with van der Waals surface area (Å²) in [6, 6.07) is 2.61. The summed E-state index contributed by atoms with van der Waals surface area (Å²) in [6.45, 7) is 4.09. The van der Waals surface area contributed by atoms with Gasteiger partial charge in [0.25, 0.3) is 0 Å². The van der Waals surface area contributed by atoms with Crippen molar-refractivity contribution in [2.45, 2.75) is 77.0 Å². The second-order valence-corrected chi connectivity index (χ2v) is 7.55. The molecule has 1 amide bonds. The van der Waals surface area contributed by atoms with Crippen LogP contribution in [-0.2, 0) is 4.79 Å². The second-order valence-electron chi connectivity index (χ2n) is 7.55. The van der Waals surface area contributed by atoms with Gasteiger partial charge in [-0.25, -0.2) is 0 Å². The number of aliphatic hydroxyl groups is 1. The Morgan fingerprint density at radius 1 is 1.38 bits per heavy atom. The topological polar surface area (TPSA) is 88.5 Å². The van der Waals surface area contributed by atoms with E-state index < -0.39 is 12.1 Å². The Kier molecular flexibility index (Phi) is 7.31. The molecule has 1 aliphatic rings. The molecular weight excluding hydrogens is 304 g/mol. The second kappa shape index (κ2) is 9.23. The molecule has 0 aromatic carbocycles. The van der Waals surface area contributed by atoms with Crippen molar-refractivity contribution in [3.63, 3.8) is 0 Å². The summed E-state index contributed by atoms with van der Waals surface area (Å²) in [4.78, 5) is 12.4. The van der Waals surface area contributed by atoms with Crippen LogP contribution >= 0.6 is 0 Å². The highest BCUT2D eigenvalue weighted by atomic mass is 16.4. The minimum Gasteiger partial charge on any atom is -0.467 e. The Balaban J connectivity index is 2.02. The van der Waals surface area contributed by atoms with Gasteiger partial charge in [-0.2, -0.15) is 0 Å². The van der Waals surface area contributed by atoms with Crippen LogP contribution in [0.4, 0.5) is 0 Å². The number of furan rings is 1. The van der Waals surface area contributed by atoms with Crippen molar-refractivity contribution in [3.8, 4) is 0 Å². The molecule has 5 heteroatoms. The van der Waals surface area contributed by atoms with Gasteiger partial charge in [-0.1, -0.05) is 46.0 Å². The maximum atomic E-state index is 12.4. The SMILES string of the molecule is CC(C)C[C@H](N)C(=O)N[C@@H](CC1CCCCC1)[C@@H](O)c1ccco1. The lowest BCUT2D eigenvalue weighted by Gasteiger charge is -2.30. The standard InChI is InChI=1S/C19H32N2O3/c1-13(2)11-15(20)19(23)21-16(12-14-7-4-3-5-8-14)18(22)17-9-6-10-24-17/h6,9-10,13-16,18,22H,3-5,7-8,11-12,20H2,1-2H3,(H,21,23)/t15-,16-,18+/m0/s1. The molecule has 24 heavy (non-hydrogen) atoms. The number of hydrogen-bond donors (Lipinski definition) is 3. The van der Waals surface area contributed by atoms with Gasteiger partial charge in [0, 0.05) is 0 Å². The number of amides is 1. The Labute approximate surface area is 145 Å². The Morgan fingerprint density at radius 3 is 2.67 bits per heavy atom. The molecular formula is C19H32N2O3. The van der Waals surface area contributed by atoms with Gasteiger partial charge in [0.1, 0.15) is 11.9 Å². The minimum atomic E-state index is -0.836. The van der Waals surface area contributed by atoms with Crippen molar-refractivity contribution in [1.82, 2.24) is 5.32 Å². The van der Waals surface area contributed by atoms with E-state index in [0.717, 1.165) is 19.3 Å². The fourth-order valence-corrected chi connectivity index (χ4v) is 3.61. The summed E-state index contributed by atoms with van der Waals surface area (Å²) in [5.74, 6) is 1.20. The molecule has 0 aliphatic heterocycles. The number of aliphatic hydroxyl groups excluding tert-OH is 1. The van der Waals surface area contributed by atoms with E-state index in [9.17, 15) is 9.90 Å². The van der Waals surface area contributed by atoms with Gasteiger partial charge in [0.05, 0.1) is 18.3 Å². The predicted octanol–water partition coefficient (Wildman–Crippen LogP) is 3.14. The minimum absolute atomic E-state index is 0.185. The van der Waals surface area contributed by atoms with Gasteiger partial charge in [-0.05, 0) is 36.8 Å². The number of rotatable bonds is 8. The van der Waals surface area contributed by atoms with Gasteiger partial charge in [0.2, 0.25) is 5.91 Å². The number of nitrogens with one attached hydrogen (secondary N) is 1. The molecule has 2 rings (SSSR count). The molecule has 136 valence electrons. The van der Waals surface area contributed by atoms with Gasteiger partial charge in [-0.3, -0.25) is 4.79 Å². The van der Waals surface area contributed by atoms with Crippen LogP contribution in [0.2, 0.25) is 0 Å². The summed E-state index contributed by atoms with van der Waals surface area (Å²) >= 11 is 0. The number of carbonyl (C=O) groups is 1. The van der Waals surface area contributed by atoms with Crippen LogP contribution in [0.1, 0.15) is 70.7 Å². The van der Waals surface area contributed by atoms with E-state index in [2.05, 4.69) is 5.32 Å². The molecule has 1 saturated carbocycles. The first-order valence-corrected chi connectivity index (χ1v) is 9.24. The molecule has 5 nitrogen and oxygen atoms in total. The Morgan fingerprint density at radius 2 is 2.08 bits per heavy atom. The normalized spacial score (nSPS) is 19.9. The van der Waals surface area contributed by atoms with E-state index in [1.807, 2.05) is 13.8 Å². The van der Waals surface area contributed by atoms with Crippen LogP contribution in [0.25, 0.3) is 0 Å². The van der Waals surface area contributed by atoms with Gasteiger partial charge in [0.15, 0.2) is 0 Å². The van der Waals surface area contributed by atoms with Gasteiger partial charge in [-0.15, -0.1) is 0 Å². The lowest BCUT2D eigenvalue weighted by atomic mass is 9.83. The molecule has 1 heterocycles. The molecule has 0 saturated heterocycles. The van der Waals surface area contributed by atoms with Crippen molar-refractivity contribution in [2.75, 3.05) is 0 Å². The maximum Gasteiger partial charge on any atom is 0.237 e. The van der Waals surface area contributed by atoms with Crippen LogP contribution < -0.4 is 11.1 Å². The summed E-state index contributed by atoms with van der Waals surface area (Å²) in [7, 11) is 0. The highest BCUT2D eigenvalue weighted by Crippen LogP contribution is 2.31. The molecule has 4 N–H and O–H groups in total. The lowest BCUT2D eigenvalue weighted by Crippen LogP contribution is -2.48. The van der Waals surface area contributed by atoms with E-state index in [0.29, 0.717) is 24.0 Å². The summed E-state index contributed by atoms with van der Waals surface area (Å²) in [5.41, 5.74) is 6.00. The smallest absolute Gasteiger partial charge is 0.237 e. The van der Waals surface area contributed by atoms with E-state index in [1.165, 1.54) is 19.3 Å². The number of hydrogen-bond acceptors (Lipinski definition) is 4. The molecule has 1 fully saturated rings. The zero-order valence-electron chi connectivity index (χ0n) is 14.9. The zero-order valence-corrected chi connectivity index (χ0v) is 14.9. The first-order chi connectivity index (χ1) is 11.5. The monoisotopic (exact) mass is 336 g/mol. The Bertz CT molecular complexity index is 481. The molecule has 1 aromatic heterocycles. The van der Waals surface area contributed by atoms with E-state index >= 15 is 0 Å². The largest absolute Gasteiger partial charge is 0.467 e. The van der Waals surface area contributed by atoms with Crippen molar-refractivity contribution >= 4 is 5.91 Å². The third-order valence-electron chi connectivity index (χ3n) is 4.92. The summed E-state index contributed by atoms with van der Waals surface area (Å²) < 4.78 is 5.34. The molecule has 1 aliphatic carbocycles. The van der Waals surface area contributed by atoms with Crippen LogP contribution in [0.15, 0.2) is 22.8 Å². The van der Waals surface area contributed by atoms with Crippen LogP contribution in [0.5, 0.6) is 0 Å². The first kappa shape index (κ1) is 19.0. The fourth-order valence-electron chi connectivity index (χ4n) is 3.61. The maximum absolute atomic E-state index is 12.4. The highest BCUT2D eigenvalue weighted by molar-refractivity contribution is 5.81. The van der Waals surface area contributed by atoms with Crippen LogP contribution in [-0.4, -0.2) is 23.1 Å². The fraction of sp³-hybridized carbons (Fsp3) is 0.737. The third-order valence-corrected chi connectivity index (χ3v) is 4.92. The zero-order chi connectivity index (χ0) is 17.5. The van der Waals surface area contributed by atoms with Crippen molar-refractivity contribution < 1.29 is 14.3 Å². The summed E-state index contributed by atoms with van der Waals surface area (Å²) in [5, 5.41) is 13.6.